The van der Waals surface area contributed by atoms with Crippen LogP contribution in [0.4, 0.5) is 0 Å². The Morgan fingerprint density at radius 2 is 1.95 bits per heavy atom. The van der Waals surface area contributed by atoms with Gasteiger partial charge in [0, 0.05) is 0 Å². The Balaban J connectivity index is 2.27. The van der Waals surface area contributed by atoms with Crippen LogP contribution in [-0.2, 0) is 14.4 Å². The summed E-state index contributed by atoms with van der Waals surface area (Å²) >= 11 is 0. The van der Waals surface area contributed by atoms with Gasteiger partial charge < -0.3 is 5.11 Å². The molecule has 1 heterocycles. The third-order valence-electron chi connectivity index (χ3n) is 4.15. The first-order valence-corrected chi connectivity index (χ1v) is 7.08. The molecule has 2 rings (SSSR count). The number of carbonyl (C=O) groups excluding carboxylic acids is 2. The van der Waals surface area contributed by atoms with Crippen LogP contribution in [0, 0.1) is 17.8 Å². The third kappa shape index (κ3) is 2.49. The summed E-state index contributed by atoms with van der Waals surface area (Å²) in [5.41, 5.74) is 1.10. The van der Waals surface area contributed by atoms with Crippen LogP contribution >= 0.6 is 0 Å². The second kappa shape index (κ2) is 5.38. The van der Waals surface area contributed by atoms with Crippen LogP contribution in [0.3, 0.4) is 0 Å². The van der Waals surface area contributed by atoms with E-state index in [-0.39, 0.29) is 29.6 Å². The van der Waals surface area contributed by atoms with E-state index in [1.165, 1.54) is 0 Å². The molecule has 1 saturated heterocycles. The molecule has 0 aromatic carbocycles. The molecule has 0 bridgehead atoms. The summed E-state index contributed by atoms with van der Waals surface area (Å²) < 4.78 is 0. The highest BCUT2D eigenvalue weighted by molar-refractivity contribution is 6.08. The van der Waals surface area contributed by atoms with Gasteiger partial charge in [-0.15, -0.1) is 0 Å². The molecule has 2 aliphatic rings. The minimum absolute atomic E-state index is 0.110. The van der Waals surface area contributed by atoms with E-state index in [0.29, 0.717) is 19.3 Å². The Morgan fingerprint density at radius 1 is 1.35 bits per heavy atom. The molecule has 20 heavy (non-hydrogen) atoms. The topological polar surface area (TPSA) is 74.7 Å². The minimum atomic E-state index is -1.09. The maximum Gasteiger partial charge on any atom is 0.326 e. The van der Waals surface area contributed by atoms with Crippen LogP contribution in [0.25, 0.3) is 0 Å². The van der Waals surface area contributed by atoms with Gasteiger partial charge in [0.05, 0.1) is 11.8 Å². The lowest BCUT2D eigenvalue weighted by molar-refractivity contribution is -0.155. The van der Waals surface area contributed by atoms with E-state index in [4.69, 9.17) is 0 Å². The molecule has 1 aliphatic heterocycles. The minimum Gasteiger partial charge on any atom is -0.480 e. The Morgan fingerprint density at radius 3 is 2.50 bits per heavy atom. The molecular formula is C15H21NO4. The summed E-state index contributed by atoms with van der Waals surface area (Å²) in [6, 6.07) is -1.03. The number of hydrogen-bond acceptors (Lipinski definition) is 3. The van der Waals surface area contributed by atoms with Crippen molar-refractivity contribution in [2.24, 2.45) is 17.8 Å². The number of rotatable bonds is 4. The highest BCUT2D eigenvalue weighted by Crippen LogP contribution is 2.39. The first-order valence-electron chi connectivity index (χ1n) is 7.08. The number of nitrogens with zero attached hydrogens (tertiary/aromatic N) is 1. The number of aliphatic carboxylic acids is 1. The van der Waals surface area contributed by atoms with Gasteiger partial charge in [-0.2, -0.15) is 0 Å². The second-order valence-electron chi connectivity index (χ2n) is 6.23. The van der Waals surface area contributed by atoms with E-state index < -0.39 is 12.0 Å². The van der Waals surface area contributed by atoms with E-state index in [1.54, 1.807) is 0 Å². The van der Waals surface area contributed by atoms with Crippen LogP contribution < -0.4 is 0 Å². The molecule has 0 saturated carbocycles. The van der Waals surface area contributed by atoms with Gasteiger partial charge in [-0.1, -0.05) is 25.5 Å². The van der Waals surface area contributed by atoms with Gasteiger partial charge in [-0.3, -0.25) is 14.5 Å². The zero-order valence-corrected chi connectivity index (χ0v) is 12.1. The number of allylic oxidation sites excluding steroid dienone is 2. The number of carbonyl (C=O) groups is 3. The van der Waals surface area contributed by atoms with Crippen molar-refractivity contribution in [1.82, 2.24) is 4.90 Å². The van der Waals surface area contributed by atoms with Crippen molar-refractivity contribution in [3.8, 4) is 0 Å². The predicted octanol–water partition coefficient (Wildman–Crippen LogP) is 1.83. The lowest BCUT2D eigenvalue weighted by Crippen LogP contribution is -2.46. The summed E-state index contributed by atoms with van der Waals surface area (Å²) in [6.07, 6.45) is 3.40. The Kier molecular flexibility index (Phi) is 3.97. The van der Waals surface area contributed by atoms with Gasteiger partial charge in [-0.25, -0.2) is 4.79 Å². The number of amides is 2. The Hall–Kier alpha value is -1.65. The van der Waals surface area contributed by atoms with E-state index in [2.05, 4.69) is 0 Å². The summed E-state index contributed by atoms with van der Waals surface area (Å²) in [5, 5.41) is 9.34. The average molecular weight is 279 g/mol. The number of fused-ring (bicyclic) bond motifs is 1. The van der Waals surface area contributed by atoms with Crippen molar-refractivity contribution in [3.05, 3.63) is 11.6 Å². The molecule has 0 aromatic heterocycles. The Bertz CT molecular complexity index is 480. The number of imide groups is 1. The average Bonchev–Trinajstić information content (AvgIpc) is 2.58. The largest absolute Gasteiger partial charge is 0.480 e. The lowest BCUT2D eigenvalue weighted by Gasteiger charge is -2.24. The molecule has 5 heteroatoms. The summed E-state index contributed by atoms with van der Waals surface area (Å²) in [6.45, 7) is 5.72. The van der Waals surface area contributed by atoms with Crippen LogP contribution in [0.5, 0.6) is 0 Å². The quantitative estimate of drug-likeness (QED) is 0.629. The molecule has 1 aliphatic carbocycles. The van der Waals surface area contributed by atoms with Crippen molar-refractivity contribution in [2.75, 3.05) is 0 Å². The molecule has 0 aromatic rings. The normalized spacial score (nSPS) is 27.6. The summed E-state index contributed by atoms with van der Waals surface area (Å²) in [5.74, 6) is -2.32. The van der Waals surface area contributed by atoms with E-state index in [1.807, 2.05) is 26.8 Å². The first kappa shape index (κ1) is 14.8. The molecule has 2 amide bonds. The van der Waals surface area contributed by atoms with Crippen LogP contribution in [-0.4, -0.2) is 33.8 Å². The molecule has 1 N–H and O–H groups in total. The zero-order chi connectivity index (χ0) is 15.0. The fourth-order valence-electron chi connectivity index (χ4n) is 3.13. The fourth-order valence-corrected chi connectivity index (χ4v) is 3.13. The maximum atomic E-state index is 12.4. The number of carboxylic acid groups (broad SMARTS) is 1. The molecule has 0 spiro atoms. The smallest absolute Gasteiger partial charge is 0.326 e. The second-order valence-corrected chi connectivity index (χ2v) is 6.23. The molecule has 110 valence electrons. The van der Waals surface area contributed by atoms with Gasteiger partial charge >= 0.3 is 5.97 Å². The fraction of sp³-hybridized carbons (Fsp3) is 0.667. The number of carboxylic acids is 1. The van der Waals surface area contributed by atoms with Crippen molar-refractivity contribution >= 4 is 17.8 Å². The predicted molar refractivity (Wildman–Crippen MR) is 72.7 cm³/mol. The highest BCUT2D eigenvalue weighted by atomic mass is 16.4. The van der Waals surface area contributed by atoms with E-state index >= 15 is 0 Å². The zero-order valence-electron chi connectivity index (χ0n) is 12.1. The van der Waals surface area contributed by atoms with Crippen molar-refractivity contribution in [3.63, 3.8) is 0 Å². The SMILES string of the molecule is CC1=CC[C@@H]2C(=O)N([C@H](CC(C)C)C(=O)O)C(=O)[C@H]2C1. The monoisotopic (exact) mass is 279 g/mol. The molecule has 0 radical (unpaired) electrons. The van der Waals surface area contributed by atoms with E-state index in [0.717, 1.165) is 10.5 Å². The molecule has 1 fully saturated rings. The third-order valence-corrected chi connectivity index (χ3v) is 4.15. The standard InChI is InChI=1S/C15H21NO4/c1-8(2)6-12(15(19)20)16-13(17)10-5-4-9(3)7-11(10)14(16)18/h4,8,10-12H,5-7H2,1-3H3,(H,19,20)/t10-,11-,12+/m0/s1. The molecule has 0 unspecified atom stereocenters. The van der Waals surface area contributed by atoms with Gasteiger partial charge in [-0.05, 0) is 32.1 Å². The van der Waals surface area contributed by atoms with Crippen molar-refractivity contribution in [1.29, 1.82) is 0 Å². The first-order chi connectivity index (χ1) is 9.32. The van der Waals surface area contributed by atoms with Gasteiger partial charge in [0.15, 0.2) is 0 Å². The number of hydrogen-bond donors (Lipinski definition) is 1. The Labute approximate surface area is 118 Å². The van der Waals surface area contributed by atoms with E-state index in [9.17, 15) is 19.5 Å². The van der Waals surface area contributed by atoms with Crippen molar-refractivity contribution < 1.29 is 19.5 Å². The molecule has 5 nitrogen and oxygen atoms in total. The van der Waals surface area contributed by atoms with Crippen LogP contribution in [0.15, 0.2) is 11.6 Å². The molecular weight excluding hydrogens is 258 g/mol. The van der Waals surface area contributed by atoms with Gasteiger partial charge in [0.2, 0.25) is 11.8 Å². The highest BCUT2D eigenvalue weighted by Gasteiger charge is 2.51. The van der Waals surface area contributed by atoms with Crippen molar-refractivity contribution in [2.45, 2.75) is 46.1 Å². The van der Waals surface area contributed by atoms with Gasteiger partial charge in [0.25, 0.3) is 0 Å². The maximum absolute atomic E-state index is 12.4. The summed E-state index contributed by atoms with van der Waals surface area (Å²) in [7, 11) is 0. The molecule has 3 atom stereocenters. The number of likely N-dealkylation sites (tertiary alicyclic amines) is 1. The van der Waals surface area contributed by atoms with Gasteiger partial charge in [0.1, 0.15) is 6.04 Å². The lowest BCUT2D eigenvalue weighted by atomic mass is 9.82. The van der Waals surface area contributed by atoms with Crippen LogP contribution in [0.2, 0.25) is 0 Å². The van der Waals surface area contributed by atoms with Crippen LogP contribution in [0.1, 0.15) is 40.0 Å². The summed E-state index contributed by atoms with van der Waals surface area (Å²) in [4.78, 5) is 37.3.